The molecule has 0 radical (unpaired) electrons. The van der Waals surface area contributed by atoms with Crippen LogP contribution in [0.2, 0.25) is 0 Å². The molecule has 8 nitrogen and oxygen atoms in total. The summed E-state index contributed by atoms with van der Waals surface area (Å²) in [5.41, 5.74) is 5.38. The summed E-state index contributed by atoms with van der Waals surface area (Å²) in [7, 11) is -4.34. The molecule has 3 atom stereocenters. The van der Waals surface area contributed by atoms with Crippen LogP contribution >= 0.6 is 7.82 Å². The van der Waals surface area contributed by atoms with Gasteiger partial charge in [-0.15, -0.1) is 0 Å². The van der Waals surface area contributed by atoms with E-state index in [4.69, 9.17) is 14.8 Å². The topological polar surface area (TPSA) is 131 Å². The minimum atomic E-state index is -4.34. The van der Waals surface area contributed by atoms with E-state index in [1.54, 1.807) is 6.08 Å². The Morgan fingerprint density at radius 2 is 0.929 bits per heavy atom. The fourth-order valence-electron chi connectivity index (χ4n) is 7.13. The van der Waals surface area contributed by atoms with Gasteiger partial charge in [0.2, 0.25) is 5.91 Å². The highest BCUT2D eigenvalue weighted by molar-refractivity contribution is 7.47. The number of phosphoric ester groups is 1. The van der Waals surface area contributed by atoms with Crippen LogP contribution in [0.3, 0.4) is 0 Å². The lowest BCUT2D eigenvalue weighted by Gasteiger charge is -2.23. The Labute approximate surface area is 347 Å². The molecule has 0 aliphatic rings. The van der Waals surface area contributed by atoms with Crippen LogP contribution in [0.25, 0.3) is 0 Å². The quantitative estimate of drug-likeness (QED) is 0.0273. The molecule has 56 heavy (non-hydrogen) atoms. The van der Waals surface area contributed by atoms with E-state index < -0.39 is 20.0 Å². The number of nitrogens with one attached hydrogen (secondary N) is 1. The number of carbonyl (C=O) groups is 1. The predicted molar refractivity (Wildman–Crippen MR) is 240 cm³/mol. The Kier molecular flexibility index (Phi) is 42.8. The van der Waals surface area contributed by atoms with Crippen molar-refractivity contribution >= 4 is 13.7 Å². The summed E-state index contributed by atoms with van der Waals surface area (Å²) < 4.78 is 22.2. The molecule has 5 N–H and O–H groups in total. The molecule has 0 bridgehead atoms. The molecule has 0 heterocycles. The normalized spacial score (nSPS) is 14.2. The standard InChI is InChI=1S/C47H93N2O6P/c1-3-5-7-9-11-13-15-17-19-21-22-23-24-25-26-28-30-32-34-36-38-40-46(50)45(44-55-56(52,53)54-43-42-48)49-47(51)41-39-37-35-33-31-29-27-20-18-16-14-12-10-8-6-4-2/h20,27,38,40,45-46,50H,3-19,21-26,28-37,39,41-44,48H2,1-2H3,(H,49,51)(H,52,53)/b27-20-,40-38+. The number of aliphatic hydroxyl groups is 1. The SMILES string of the molecule is CCCCCCCCC/C=C\CCCCCCCC(=O)NC(COP(=O)(O)OCCN)C(O)/C=C/CCCCCCCCCCCCCCCCCCCCC. The Balaban J connectivity index is 4.14. The van der Waals surface area contributed by atoms with Crippen LogP contribution in [0.1, 0.15) is 239 Å². The number of amides is 1. The number of allylic oxidation sites excluding steroid dienone is 3. The van der Waals surface area contributed by atoms with Crippen LogP contribution in [0, 0.1) is 0 Å². The number of unbranched alkanes of at least 4 members (excludes halogenated alkanes) is 31. The second-order valence-electron chi connectivity index (χ2n) is 16.3. The fourth-order valence-corrected chi connectivity index (χ4v) is 7.89. The Morgan fingerprint density at radius 3 is 1.32 bits per heavy atom. The van der Waals surface area contributed by atoms with Gasteiger partial charge in [-0.25, -0.2) is 4.57 Å². The third-order valence-electron chi connectivity index (χ3n) is 10.8. The zero-order chi connectivity index (χ0) is 41.1. The van der Waals surface area contributed by atoms with Crippen molar-refractivity contribution < 1.29 is 28.4 Å². The van der Waals surface area contributed by atoms with Crippen molar-refractivity contribution in [2.24, 2.45) is 5.73 Å². The highest BCUT2D eigenvalue weighted by atomic mass is 31.2. The van der Waals surface area contributed by atoms with E-state index in [0.717, 1.165) is 51.4 Å². The number of phosphoric acid groups is 1. The molecule has 0 saturated heterocycles. The molecule has 1 amide bonds. The smallest absolute Gasteiger partial charge is 0.387 e. The minimum absolute atomic E-state index is 0.0783. The average molecular weight is 813 g/mol. The predicted octanol–water partition coefficient (Wildman–Crippen LogP) is 13.7. The van der Waals surface area contributed by atoms with Crippen molar-refractivity contribution in [3.63, 3.8) is 0 Å². The van der Waals surface area contributed by atoms with Crippen LogP contribution < -0.4 is 11.1 Å². The zero-order valence-corrected chi connectivity index (χ0v) is 37.8. The van der Waals surface area contributed by atoms with Crippen LogP contribution in [0.4, 0.5) is 0 Å². The van der Waals surface area contributed by atoms with Gasteiger partial charge in [0.05, 0.1) is 25.4 Å². The van der Waals surface area contributed by atoms with Crippen molar-refractivity contribution in [2.75, 3.05) is 19.8 Å². The number of carbonyl (C=O) groups excluding carboxylic acids is 1. The van der Waals surface area contributed by atoms with E-state index in [9.17, 15) is 19.4 Å². The number of hydrogen-bond donors (Lipinski definition) is 4. The van der Waals surface area contributed by atoms with E-state index in [-0.39, 0.29) is 25.7 Å². The molecule has 9 heteroatoms. The van der Waals surface area contributed by atoms with Gasteiger partial charge in [-0.05, 0) is 44.9 Å². The summed E-state index contributed by atoms with van der Waals surface area (Å²) in [6, 6.07) is -0.862. The molecule has 332 valence electrons. The summed E-state index contributed by atoms with van der Waals surface area (Å²) in [5, 5.41) is 13.7. The summed E-state index contributed by atoms with van der Waals surface area (Å²) in [5.74, 6) is -0.200. The lowest BCUT2D eigenvalue weighted by atomic mass is 10.0. The number of nitrogens with two attached hydrogens (primary N) is 1. The monoisotopic (exact) mass is 813 g/mol. The first kappa shape index (κ1) is 55.0. The zero-order valence-electron chi connectivity index (χ0n) is 36.9. The first-order valence-corrected chi connectivity index (χ1v) is 25.5. The van der Waals surface area contributed by atoms with Crippen LogP contribution in [0.5, 0.6) is 0 Å². The molecule has 0 aromatic carbocycles. The third-order valence-corrected chi connectivity index (χ3v) is 11.8. The van der Waals surface area contributed by atoms with E-state index in [1.807, 2.05) is 6.08 Å². The van der Waals surface area contributed by atoms with Crippen LogP contribution in [-0.4, -0.2) is 47.8 Å². The van der Waals surface area contributed by atoms with Crippen molar-refractivity contribution in [1.29, 1.82) is 0 Å². The maximum Gasteiger partial charge on any atom is 0.472 e. The summed E-state index contributed by atoms with van der Waals surface area (Å²) in [6.07, 6.45) is 50.9. The maximum absolute atomic E-state index is 12.8. The van der Waals surface area contributed by atoms with Gasteiger partial charge in [-0.2, -0.15) is 0 Å². The van der Waals surface area contributed by atoms with Gasteiger partial charge in [0.15, 0.2) is 0 Å². The van der Waals surface area contributed by atoms with Gasteiger partial charge in [0.1, 0.15) is 0 Å². The van der Waals surface area contributed by atoms with Gasteiger partial charge in [0.25, 0.3) is 0 Å². The van der Waals surface area contributed by atoms with E-state index in [0.29, 0.717) is 6.42 Å². The molecular weight excluding hydrogens is 719 g/mol. The second-order valence-corrected chi connectivity index (χ2v) is 17.8. The number of hydrogen-bond acceptors (Lipinski definition) is 6. The first-order valence-electron chi connectivity index (χ1n) is 24.0. The van der Waals surface area contributed by atoms with Crippen molar-refractivity contribution in [1.82, 2.24) is 5.32 Å². The van der Waals surface area contributed by atoms with Gasteiger partial charge >= 0.3 is 7.82 Å². The summed E-state index contributed by atoms with van der Waals surface area (Å²) in [6.45, 7) is 4.15. The first-order chi connectivity index (χ1) is 27.4. The molecular formula is C47H93N2O6P. The van der Waals surface area contributed by atoms with Gasteiger partial charge in [-0.1, -0.05) is 212 Å². The molecule has 0 saturated carbocycles. The molecule has 0 aromatic heterocycles. The molecule has 0 aromatic rings. The van der Waals surface area contributed by atoms with Crippen LogP contribution in [-0.2, 0) is 18.4 Å². The fraction of sp³-hybridized carbons (Fsp3) is 0.894. The largest absolute Gasteiger partial charge is 0.472 e. The van der Waals surface area contributed by atoms with Crippen molar-refractivity contribution in [2.45, 2.75) is 251 Å². The van der Waals surface area contributed by atoms with Crippen molar-refractivity contribution in [3.8, 4) is 0 Å². The molecule has 0 rings (SSSR count). The highest BCUT2D eigenvalue weighted by Gasteiger charge is 2.26. The molecule has 0 aliphatic heterocycles. The molecule has 0 spiro atoms. The highest BCUT2D eigenvalue weighted by Crippen LogP contribution is 2.43. The maximum atomic E-state index is 12.8. The van der Waals surface area contributed by atoms with Gasteiger partial charge < -0.3 is 21.1 Å². The van der Waals surface area contributed by atoms with Crippen molar-refractivity contribution in [3.05, 3.63) is 24.3 Å². The van der Waals surface area contributed by atoms with Gasteiger partial charge in [0, 0.05) is 13.0 Å². The Morgan fingerprint density at radius 1 is 0.571 bits per heavy atom. The van der Waals surface area contributed by atoms with E-state index in [2.05, 4.69) is 31.3 Å². The van der Waals surface area contributed by atoms with Gasteiger partial charge in [-0.3, -0.25) is 13.8 Å². The Hall–Kier alpha value is -1.02. The van der Waals surface area contributed by atoms with E-state index in [1.165, 1.54) is 167 Å². The summed E-state index contributed by atoms with van der Waals surface area (Å²) in [4.78, 5) is 22.7. The lowest BCUT2D eigenvalue weighted by molar-refractivity contribution is -0.123. The second kappa shape index (κ2) is 43.6. The lowest BCUT2D eigenvalue weighted by Crippen LogP contribution is -2.45. The Bertz CT molecular complexity index is 932. The summed E-state index contributed by atoms with van der Waals surface area (Å²) >= 11 is 0. The molecule has 0 fully saturated rings. The number of aliphatic hydroxyl groups excluding tert-OH is 1. The average Bonchev–Trinajstić information content (AvgIpc) is 3.19. The third kappa shape index (κ3) is 41.2. The number of rotatable bonds is 45. The molecule has 0 aliphatic carbocycles. The molecule has 3 unspecified atom stereocenters. The van der Waals surface area contributed by atoms with Crippen LogP contribution in [0.15, 0.2) is 24.3 Å². The minimum Gasteiger partial charge on any atom is -0.387 e. The van der Waals surface area contributed by atoms with E-state index >= 15 is 0 Å².